The lowest BCUT2D eigenvalue weighted by atomic mass is 9.97. The van der Waals surface area contributed by atoms with Crippen molar-refractivity contribution in [2.75, 3.05) is 0 Å². The van der Waals surface area contributed by atoms with Gasteiger partial charge in [0.25, 0.3) is 0 Å². The van der Waals surface area contributed by atoms with Crippen LogP contribution in [-0.2, 0) is 9.53 Å². The van der Waals surface area contributed by atoms with Crippen molar-refractivity contribution >= 4 is 17.6 Å². The van der Waals surface area contributed by atoms with Gasteiger partial charge in [0.15, 0.2) is 0 Å². The zero-order valence-corrected chi connectivity index (χ0v) is 11.9. The first-order valence-corrected chi connectivity index (χ1v) is 6.25. The van der Waals surface area contributed by atoms with Crippen LogP contribution in [0.25, 0.3) is 0 Å². The molecule has 0 saturated heterocycles. The Balaban J connectivity index is 2.82. The van der Waals surface area contributed by atoms with Crippen molar-refractivity contribution in [2.24, 2.45) is 5.92 Å². The average molecular weight is 271 g/mol. The molecular weight excluding hydrogens is 252 g/mol. The molecule has 0 spiro atoms. The summed E-state index contributed by atoms with van der Waals surface area (Å²) < 4.78 is 5.24. The van der Waals surface area contributed by atoms with Gasteiger partial charge < -0.3 is 9.84 Å². The van der Waals surface area contributed by atoms with Crippen molar-refractivity contribution in [3.05, 3.63) is 34.9 Å². The number of rotatable bonds is 3. The molecule has 1 N–H and O–H groups in total. The van der Waals surface area contributed by atoms with Crippen LogP contribution >= 0.6 is 11.6 Å². The number of aliphatic hydroxyl groups excluding tert-OH is 1. The molecule has 0 saturated carbocycles. The number of esters is 1. The monoisotopic (exact) mass is 270 g/mol. The molecule has 2 unspecified atom stereocenters. The van der Waals surface area contributed by atoms with E-state index in [-0.39, 0.29) is 0 Å². The lowest BCUT2D eigenvalue weighted by Gasteiger charge is -2.25. The number of benzene rings is 1. The van der Waals surface area contributed by atoms with Gasteiger partial charge in [-0.3, -0.25) is 4.79 Å². The van der Waals surface area contributed by atoms with Crippen molar-refractivity contribution in [3.8, 4) is 0 Å². The molecule has 0 aliphatic rings. The van der Waals surface area contributed by atoms with Gasteiger partial charge in [-0.2, -0.15) is 0 Å². The van der Waals surface area contributed by atoms with Gasteiger partial charge in [-0.25, -0.2) is 0 Å². The Hall–Kier alpha value is -1.06. The number of carbonyl (C=O) groups is 1. The highest BCUT2D eigenvalue weighted by Gasteiger charge is 2.29. The highest BCUT2D eigenvalue weighted by molar-refractivity contribution is 6.31. The lowest BCUT2D eigenvalue weighted by Crippen LogP contribution is -2.30. The van der Waals surface area contributed by atoms with E-state index in [4.69, 9.17) is 16.3 Å². The molecule has 18 heavy (non-hydrogen) atoms. The van der Waals surface area contributed by atoms with Crippen molar-refractivity contribution in [1.29, 1.82) is 0 Å². The second kappa shape index (κ2) is 5.72. The fourth-order valence-electron chi connectivity index (χ4n) is 1.51. The van der Waals surface area contributed by atoms with E-state index in [2.05, 4.69) is 0 Å². The third-order valence-corrected chi connectivity index (χ3v) is 2.82. The summed E-state index contributed by atoms with van der Waals surface area (Å²) in [6.07, 6.45) is -0.964. The van der Waals surface area contributed by atoms with E-state index in [0.717, 1.165) is 0 Å². The molecule has 1 rings (SSSR count). The van der Waals surface area contributed by atoms with Crippen LogP contribution in [0.3, 0.4) is 0 Å². The van der Waals surface area contributed by atoms with Gasteiger partial charge in [0.05, 0.1) is 12.0 Å². The van der Waals surface area contributed by atoms with Crippen molar-refractivity contribution in [1.82, 2.24) is 0 Å². The molecule has 1 aromatic rings. The number of hydrogen-bond donors (Lipinski definition) is 1. The van der Waals surface area contributed by atoms with Crippen LogP contribution in [-0.4, -0.2) is 16.7 Å². The summed E-state index contributed by atoms with van der Waals surface area (Å²) in [7, 11) is 0. The highest BCUT2D eigenvalue weighted by Crippen LogP contribution is 2.29. The van der Waals surface area contributed by atoms with Crippen LogP contribution in [0.1, 0.15) is 39.4 Å². The SMILES string of the molecule is CC(C(=O)OC(C)(C)C)C(O)c1ccccc1Cl. The summed E-state index contributed by atoms with van der Waals surface area (Å²) in [5, 5.41) is 10.6. The summed E-state index contributed by atoms with van der Waals surface area (Å²) in [5.74, 6) is -1.10. The van der Waals surface area contributed by atoms with Gasteiger partial charge in [-0.1, -0.05) is 29.8 Å². The molecule has 2 atom stereocenters. The first-order valence-electron chi connectivity index (χ1n) is 5.87. The van der Waals surface area contributed by atoms with Gasteiger partial charge >= 0.3 is 5.97 Å². The molecule has 0 aromatic heterocycles. The minimum Gasteiger partial charge on any atom is -0.460 e. The molecule has 0 amide bonds. The Morgan fingerprint density at radius 2 is 1.89 bits per heavy atom. The Morgan fingerprint density at radius 1 is 1.33 bits per heavy atom. The van der Waals surface area contributed by atoms with Crippen LogP contribution in [0.5, 0.6) is 0 Å². The zero-order chi connectivity index (χ0) is 13.9. The Bertz CT molecular complexity index is 423. The molecule has 0 fully saturated rings. The molecule has 0 heterocycles. The van der Waals surface area contributed by atoms with E-state index in [0.29, 0.717) is 10.6 Å². The first-order chi connectivity index (χ1) is 8.22. The summed E-state index contributed by atoms with van der Waals surface area (Å²) in [6, 6.07) is 6.93. The second-order valence-electron chi connectivity index (χ2n) is 5.29. The Morgan fingerprint density at radius 3 is 2.39 bits per heavy atom. The summed E-state index contributed by atoms with van der Waals surface area (Å²) in [4.78, 5) is 11.9. The topological polar surface area (TPSA) is 46.5 Å². The quantitative estimate of drug-likeness (QED) is 0.857. The minimum atomic E-state index is -0.964. The van der Waals surface area contributed by atoms with E-state index < -0.39 is 23.6 Å². The Labute approximate surface area is 113 Å². The van der Waals surface area contributed by atoms with Gasteiger partial charge in [-0.05, 0) is 39.3 Å². The molecule has 0 bridgehead atoms. The van der Waals surface area contributed by atoms with Crippen LogP contribution < -0.4 is 0 Å². The molecule has 4 heteroatoms. The van der Waals surface area contributed by atoms with Crippen LogP contribution in [0, 0.1) is 5.92 Å². The molecule has 0 aliphatic heterocycles. The fourth-order valence-corrected chi connectivity index (χ4v) is 1.76. The summed E-state index contributed by atoms with van der Waals surface area (Å²) >= 11 is 5.99. The molecular formula is C14H19ClO3. The van der Waals surface area contributed by atoms with E-state index in [9.17, 15) is 9.90 Å². The average Bonchev–Trinajstić information content (AvgIpc) is 2.25. The van der Waals surface area contributed by atoms with Gasteiger partial charge in [0, 0.05) is 5.02 Å². The van der Waals surface area contributed by atoms with E-state index in [1.54, 1.807) is 52.0 Å². The van der Waals surface area contributed by atoms with Crippen LogP contribution in [0.4, 0.5) is 0 Å². The normalized spacial score (nSPS) is 15.0. The third-order valence-electron chi connectivity index (χ3n) is 2.48. The van der Waals surface area contributed by atoms with Crippen molar-refractivity contribution in [2.45, 2.75) is 39.4 Å². The maximum Gasteiger partial charge on any atom is 0.312 e. The third kappa shape index (κ3) is 4.00. The van der Waals surface area contributed by atoms with Crippen molar-refractivity contribution < 1.29 is 14.6 Å². The predicted molar refractivity (Wildman–Crippen MR) is 71.4 cm³/mol. The van der Waals surface area contributed by atoms with E-state index in [1.165, 1.54) is 0 Å². The smallest absolute Gasteiger partial charge is 0.312 e. The van der Waals surface area contributed by atoms with E-state index in [1.807, 2.05) is 0 Å². The molecule has 1 aromatic carbocycles. The predicted octanol–water partition coefficient (Wildman–Crippen LogP) is 3.35. The van der Waals surface area contributed by atoms with Crippen LogP contribution in [0.2, 0.25) is 5.02 Å². The lowest BCUT2D eigenvalue weighted by molar-refractivity contribution is -0.163. The summed E-state index contributed by atoms with van der Waals surface area (Å²) in [5.41, 5.74) is -0.0246. The number of carbonyl (C=O) groups excluding carboxylic acids is 1. The highest BCUT2D eigenvalue weighted by atomic mass is 35.5. The van der Waals surface area contributed by atoms with E-state index >= 15 is 0 Å². The van der Waals surface area contributed by atoms with Gasteiger partial charge in [0.1, 0.15) is 5.60 Å². The number of ether oxygens (including phenoxy) is 1. The molecule has 0 radical (unpaired) electrons. The zero-order valence-electron chi connectivity index (χ0n) is 11.1. The van der Waals surface area contributed by atoms with Crippen LogP contribution in [0.15, 0.2) is 24.3 Å². The maximum atomic E-state index is 11.9. The fraction of sp³-hybridized carbons (Fsp3) is 0.500. The second-order valence-corrected chi connectivity index (χ2v) is 5.70. The number of halogens is 1. The standard InChI is InChI=1S/C14H19ClO3/c1-9(13(17)18-14(2,3)4)12(16)10-7-5-6-8-11(10)15/h5-9,12,16H,1-4H3. The molecule has 0 aliphatic carbocycles. The summed E-state index contributed by atoms with van der Waals surface area (Å²) in [6.45, 7) is 7.00. The van der Waals surface area contributed by atoms with Crippen molar-refractivity contribution in [3.63, 3.8) is 0 Å². The largest absolute Gasteiger partial charge is 0.460 e. The van der Waals surface area contributed by atoms with Gasteiger partial charge in [0.2, 0.25) is 0 Å². The Kier molecular flexibility index (Phi) is 4.77. The maximum absolute atomic E-state index is 11.9. The van der Waals surface area contributed by atoms with Gasteiger partial charge in [-0.15, -0.1) is 0 Å². The minimum absolute atomic E-state index is 0.435. The molecule has 3 nitrogen and oxygen atoms in total. The number of aliphatic hydroxyl groups is 1. The molecule has 100 valence electrons. The first kappa shape index (κ1) is 15.0. The number of hydrogen-bond acceptors (Lipinski definition) is 3.